The molecule has 0 bridgehead atoms. The fraction of sp³-hybridized carbons (Fsp3) is 0.944. The van der Waals surface area contributed by atoms with Crippen molar-refractivity contribution in [2.24, 2.45) is 5.92 Å². The van der Waals surface area contributed by atoms with E-state index in [0.717, 1.165) is 39.0 Å². The molecule has 2 aliphatic rings. The number of amides is 1. The van der Waals surface area contributed by atoms with Crippen LogP contribution in [0.25, 0.3) is 0 Å². The topological polar surface area (TPSA) is 42.0 Å². The summed E-state index contributed by atoms with van der Waals surface area (Å²) in [6, 6.07) is 0.0567. The van der Waals surface area contributed by atoms with Gasteiger partial charge in [0.15, 0.2) is 0 Å². The van der Waals surface area contributed by atoms with E-state index in [4.69, 9.17) is 9.47 Å². The summed E-state index contributed by atoms with van der Waals surface area (Å²) in [6.07, 6.45) is 5.93. The molecule has 1 amide bonds. The first-order valence-electron chi connectivity index (χ1n) is 9.27. The van der Waals surface area contributed by atoms with Gasteiger partial charge in [0.25, 0.3) is 0 Å². The van der Waals surface area contributed by atoms with Gasteiger partial charge in [0, 0.05) is 20.2 Å². The van der Waals surface area contributed by atoms with Crippen LogP contribution in [0, 0.1) is 5.92 Å². The summed E-state index contributed by atoms with van der Waals surface area (Å²) in [4.78, 5) is 17.5. The van der Waals surface area contributed by atoms with Crippen molar-refractivity contribution in [1.29, 1.82) is 0 Å². The molecule has 2 fully saturated rings. The number of likely N-dealkylation sites (tertiary alicyclic amines) is 2. The molecule has 2 saturated heterocycles. The predicted octanol–water partition coefficient (Wildman–Crippen LogP) is 2.15. The van der Waals surface area contributed by atoms with Gasteiger partial charge in [0.05, 0.1) is 25.4 Å². The lowest BCUT2D eigenvalue weighted by Gasteiger charge is -2.40. The summed E-state index contributed by atoms with van der Waals surface area (Å²) in [6.45, 7) is 9.45. The van der Waals surface area contributed by atoms with Crippen LogP contribution in [0.5, 0.6) is 0 Å². The molecule has 0 aliphatic carbocycles. The molecule has 0 spiro atoms. The van der Waals surface area contributed by atoms with Gasteiger partial charge in [-0.1, -0.05) is 20.3 Å². The fourth-order valence-electron chi connectivity index (χ4n) is 3.79. The lowest BCUT2D eigenvalue weighted by Crippen LogP contribution is -2.54. The molecule has 2 rings (SSSR count). The molecule has 23 heavy (non-hydrogen) atoms. The first-order chi connectivity index (χ1) is 11.1. The van der Waals surface area contributed by atoms with E-state index in [1.165, 1.54) is 19.3 Å². The third kappa shape index (κ3) is 5.44. The average Bonchev–Trinajstić information content (AvgIpc) is 2.56. The summed E-state index contributed by atoms with van der Waals surface area (Å²) >= 11 is 0. The standard InChI is InChI=1S/C18H34N2O3/c1-15(2)17(19-9-5-4-6-10-19)18(21)20-11-7-16(8-12-20)23-14-13-22-3/h15-17H,4-14H2,1-3H3. The zero-order valence-electron chi connectivity index (χ0n) is 15.1. The van der Waals surface area contributed by atoms with Crippen molar-refractivity contribution < 1.29 is 14.3 Å². The second-order valence-electron chi connectivity index (χ2n) is 7.17. The van der Waals surface area contributed by atoms with E-state index in [0.29, 0.717) is 25.0 Å². The number of hydrogen-bond acceptors (Lipinski definition) is 4. The molecule has 0 radical (unpaired) electrons. The SMILES string of the molecule is COCCOC1CCN(C(=O)C(C(C)C)N2CCCCC2)CC1. The number of rotatable bonds is 7. The van der Waals surface area contributed by atoms with E-state index in [-0.39, 0.29) is 12.1 Å². The van der Waals surface area contributed by atoms with Crippen LogP contribution >= 0.6 is 0 Å². The number of piperidine rings is 2. The fourth-order valence-corrected chi connectivity index (χ4v) is 3.79. The summed E-state index contributed by atoms with van der Waals surface area (Å²) < 4.78 is 10.8. The summed E-state index contributed by atoms with van der Waals surface area (Å²) in [7, 11) is 1.69. The molecule has 2 aliphatic heterocycles. The minimum Gasteiger partial charge on any atom is -0.382 e. The molecule has 134 valence electrons. The molecule has 5 nitrogen and oxygen atoms in total. The van der Waals surface area contributed by atoms with Crippen molar-refractivity contribution in [3.05, 3.63) is 0 Å². The van der Waals surface area contributed by atoms with Crippen LogP contribution in [0.2, 0.25) is 0 Å². The first kappa shape index (κ1) is 18.7. The Morgan fingerprint density at radius 3 is 2.26 bits per heavy atom. The number of ether oxygens (including phenoxy) is 2. The molecule has 1 unspecified atom stereocenters. The highest BCUT2D eigenvalue weighted by Gasteiger charge is 2.34. The lowest BCUT2D eigenvalue weighted by molar-refractivity contribution is -0.142. The van der Waals surface area contributed by atoms with Crippen molar-refractivity contribution >= 4 is 5.91 Å². The van der Waals surface area contributed by atoms with Gasteiger partial charge in [0.1, 0.15) is 0 Å². The van der Waals surface area contributed by atoms with E-state index >= 15 is 0 Å². The molecular formula is C18H34N2O3. The Morgan fingerprint density at radius 2 is 1.70 bits per heavy atom. The Labute approximate surface area is 141 Å². The number of nitrogens with zero attached hydrogens (tertiary/aromatic N) is 2. The van der Waals surface area contributed by atoms with Crippen LogP contribution < -0.4 is 0 Å². The van der Waals surface area contributed by atoms with Gasteiger partial charge in [-0.2, -0.15) is 0 Å². The Morgan fingerprint density at radius 1 is 1.04 bits per heavy atom. The number of carbonyl (C=O) groups excluding carboxylic acids is 1. The summed E-state index contributed by atoms with van der Waals surface area (Å²) in [5, 5.41) is 0. The molecule has 1 atom stereocenters. The summed E-state index contributed by atoms with van der Waals surface area (Å²) in [5.41, 5.74) is 0. The molecule has 0 aromatic rings. The van der Waals surface area contributed by atoms with Gasteiger partial charge in [-0.05, 0) is 44.7 Å². The Balaban J connectivity index is 1.84. The molecular weight excluding hydrogens is 292 g/mol. The zero-order chi connectivity index (χ0) is 16.7. The van der Waals surface area contributed by atoms with E-state index < -0.39 is 0 Å². The largest absolute Gasteiger partial charge is 0.382 e. The monoisotopic (exact) mass is 326 g/mol. The first-order valence-corrected chi connectivity index (χ1v) is 9.27. The zero-order valence-corrected chi connectivity index (χ0v) is 15.1. The number of hydrogen-bond donors (Lipinski definition) is 0. The molecule has 5 heteroatoms. The van der Waals surface area contributed by atoms with Crippen molar-refractivity contribution in [3.8, 4) is 0 Å². The van der Waals surface area contributed by atoms with Crippen LogP contribution in [0.15, 0.2) is 0 Å². The molecule has 2 heterocycles. The highest BCUT2D eigenvalue weighted by molar-refractivity contribution is 5.82. The smallest absolute Gasteiger partial charge is 0.240 e. The molecule has 0 aromatic carbocycles. The molecule has 0 aromatic heterocycles. The molecule has 0 saturated carbocycles. The minimum absolute atomic E-state index is 0.0567. The average molecular weight is 326 g/mol. The Kier molecular flexibility index (Phi) is 7.80. The normalized spacial score (nSPS) is 22.5. The maximum absolute atomic E-state index is 13.0. The molecule has 0 N–H and O–H groups in total. The highest BCUT2D eigenvalue weighted by atomic mass is 16.5. The van der Waals surface area contributed by atoms with Gasteiger partial charge >= 0.3 is 0 Å². The van der Waals surface area contributed by atoms with Gasteiger partial charge in [0.2, 0.25) is 5.91 Å². The maximum Gasteiger partial charge on any atom is 0.240 e. The van der Waals surface area contributed by atoms with Crippen LogP contribution in [0.3, 0.4) is 0 Å². The Bertz CT molecular complexity index is 348. The van der Waals surface area contributed by atoms with Crippen LogP contribution in [-0.2, 0) is 14.3 Å². The highest BCUT2D eigenvalue weighted by Crippen LogP contribution is 2.22. The lowest BCUT2D eigenvalue weighted by atomic mass is 9.96. The van der Waals surface area contributed by atoms with Crippen molar-refractivity contribution in [1.82, 2.24) is 9.80 Å². The summed E-state index contributed by atoms with van der Waals surface area (Å²) in [5.74, 6) is 0.702. The predicted molar refractivity (Wildman–Crippen MR) is 91.5 cm³/mol. The number of carbonyl (C=O) groups is 1. The van der Waals surface area contributed by atoms with Crippen molar-refractivity contribution in [2.75, 3.05) is 46.5 Å². The van der Waals surface area contributed by atoms with Gasteiger partial charge in [-0.3, -0.25) is 9.69 Å². The van der Waals surface area contributed by atoms with Gasteiger partial charge in [-0.25, -0.2) is 0 Å². The van der Waals surface area contributed by atoms with E-state index in [9.17, 15) is 4.79 Å². The number of methoxy groups -OCH3 is 1. The van der Waals surface area contributed by atoms with Crippen molar-refractivity contribution in [3.63, 3.8) is 0 Å². The van der Waals surface area contributed by atoms with E-state index in [1.54, 1.807) is 7.11 Å². The quantitative estimate of drug-likeness (QED) is 0.672. The van der Waals surface area contributed by atoms with Crippen LogP contribution in [-0.4, -0.2) is 74.4 Å². The second-order valence-corrected chi connectivity index (χ2v) is 7.17. The second kappa shape index (κ2) is 9.60. The van der Waals surface area contributed by atoms with Crippen molar-refractivity contribution in [2.45, 2.75) is 58.1 Å². The maximum atomic E-state index is 13.0. The van der Waals surface area contributed by atoms with E-state index in [1.807, 2.05) is 0 Å². The van der Waals surface area contributed by atoms with Gasteiger partial charge < -0.3 is 14.4 Å². The third-order valence-electron chi connectivity index (χ3n) is 5.06. The third-order valence-corrected chi connectivity index (χ3v) is 5.06. The van der Waals surface area contributed by atoms with Crippen LogP contribution in [0.4, 0.5) is 0 Å². The minimum atomic E-state index is 0.0567. The van der Waals surface area contributed by atoms with Crippen LogP contribution in [0.1, 0.15) is 46.0 Å². The van der Waals surface area contributed by atoms with E-state index in [2.05, 4.69) is 23.6 Å². The Hall–Kier alpha value is -0.650. The van der Waals surface area contributed by atoms with Gasteiger partial charge in [-0.15, -0.1) is 0 Å².